The van der Waals surface area contributed by atoms with Gasteiger partial charge in [0.1, 0.15) is 0 Å². The van der Waals surface area contributed by atoms with Crippen molar-refractivity contribution in [2.45, 2.75) is 32.9 Å². The molecule has 2 aromatic rings. The molecule has 1 aromatic heterocycles. The molecule has 0 amide bonds. The molecule has 0 fully saturated rings. The third-order valence-electron chi connectivity index (χ3n) is 2.43. The van der Waals surface area contributed by atoms with E-state index in [-0.39, 0.29) is 17.2 Å². The number of anilines is 2. The van der Waals surface area contributed by atoms with Gasteiger partial charge in [-0.2, -0.15) is 0 Å². The third kappa shape index (κ3) is 3.74. The average molecular weight is 282 g/mol. The van der Waals surface area contributed by atoms with Crippen LogP contribution >= 0.6 is 0 Å². The molecular formula is C13H16F2N4O. The van der Waals surface area contributed by atoms with Gasteiger partial charge in [0, 0.05) is 5.54 Å². The first-order valence-corrected chi connectivity index (χ1v) is 6.13. The molecule has 2 rings (SSSR count). The minimum atomic E-state index is -0.986. The van der Waals surface area contributed by atoms with Crippen molar-refractivity contribution in [2.75, 3.05) is 5.32 Å². The molecule has 0 saturated carbocycles. The Kier molecular flexibility index (Phi) is 3.99. The van der Waals surface area contributed by atoms with Gasteiger partial charge in [-0.1, -0.05) is 11.2 Å². The molecule has 0 unspecified atom stereocenters. The van der Waals surface area contributed by atoms with Crippen LogP contribution in [0.1, 0.15) is 26.7 Å². The third-order valence-corrected chi connectivity index (χ3v) is 2.43. The highest BCUT2D eigenvalue weighted by Gasteiger charge is 2.14. The average Bonchev–Trinajstić information content (AvgIpc) is 2.80. The zero-order valence-electron chi connectivity index (χ0n) is 11.5. The van der Waals surface area contributed by atoms with Crippen LogP contribution in [0.2, 0.25) is 0 Å². The zero-order chi connectivity index (χ0) is 14.8. The second-order valence-corrected chi connectivity index (χ2v) is 5.33. The summed E-state index contributed by atoms with van der Waals surface area (Å²) in [6, 6.07) is 3.82. The number of hydrogen-bond acceptors (Lipinski definition) is 5. The van der Waals surface area contributed by atoms with E-state index in [1.165, 1.54) is 12.1 Å². The van der Waals surface area contributed by atoms with Crippen LogP contribution in [-0.2, 0) is 6.54 Å². The maximum absolute atomic E-state index is 13.5. The van der Waals surface area contributed by atoms with Crippen molar-refractivity contribution in [1.82, 2.24) is 15.5 Å². The van der Waals surface area contributed by atoms with E-state index in [0.717, 1.165) is 6.07 Å². The molecule has 0 radical (unpaired) electrons. The summed E-state index contributed by atoms with van der Waals surface area (Å²) < 4.78 is 31.8. The second kappa shape index (κ2) is 5.54. The van der Waals surface area contributed by atoms with E-state index in [0.29, 0.717) is 12.4 Å². The molecule has 1 heterocycles. The molecular weight excluding hydrogens is 266 g/mol. The van der Waals surface area contributed by atoms with E-state index in [1.54, 1.807) is 0 Å². The van der Waals surface area contributed by atoms with Gasteiger partial charge < -0.3 is 15.1 Å². The fraction of sp³-hybridized carbons (Fsp3) is 0.385. The van der Waals surface area contributed by atoms with Gasteiger partial charge in [-0.25, -0.2) is 8.78 Å². The second-order valence-electron chi connectivity index (χ2n) is 5.33. The van der Waals surface area contributed by atoms with Gasteiger partial charge in [0.25, 0.3) is 0 Å². The number of benzene rings is 1. The van der Waals surface area contributed by atoms with Gasteiger partial charge in [-0.15, -0.1) is 5.10 Å². The fourth-order valence-electron chi connectivity index (χ4n) is 1.43. The molecule has 20 heavy (non-hydrogen) atoms. The molecule has 5 nitrogen and oxygen atoms in total. The van der Waals surface area contributed by atoms with E-state index in [2.05, 4.69) is 20.8 Å². The number of rotatable bonds is 4. The van der Waals surface area contributed by atoms with Crippen molar-refractivity contribution in [1.29, 1.82) is 0 Å². The minimum absolute atomic E-state index is 0.0141. The van der Waals surface area contributed by atoms with Gasteiger partial charge in [0.2, 0.25) is 5.89 Å². The lowest BCUT2D eigenvalue weighted by atomic mass is 10.1. The molecule has 1 aromatic carbocycles. The summed E-state index contributed by atoms with van der Waals surface area (Å²) in [4.78, 5) is 0. The number of nitrogens with zero attached hydrogens (tertiary/aromatic N) is 2. The lowest BCUT2D eigenvalue weighted by molar-refractivity contribution is 0.384. The number of aromatic nitrogens is 2. The molecule has 0 bridgehead atoms. The van der Waals surface area contributed by atoms with Crippen molar-refractivity contribution in [3.8, 4) is 0 Å². The highest BCUT2D eigenvalue weighted by molar-refractivity contribution is 5.52. The number of hydrogen-bond donors (Lipinski definition) is 2. The van der Waals surface area contributed by atoms with E-state index >= 15 is 0 Å². The Morgan fingerprint density at radius 3 is 2.65 bits per heavy atom. The van der Waals surface area contributed by atoms with Crippen LogP contribution in [0.3, 0.4) is 0 Å². The Bertz CT molecular complexity index is 592. The minimum Gasteiger partial charge on any atom is -0.406 e. The van der Waals surface area contributed by atoms with E-state index in [4.69, 9.17) is 4.42 Å². The van der Waals surface area contributed by atoms with E-state index < -0.39 is 11.6 Å². The first-order chi connectivity index (χ1) is 9.35. The predicted octanol–water partition coefficient (Wildman–Crippen LogP) is 2.98. The van der Waals surface area contributed by atoms with Gasteiger partial charge in [-0.05, 0) is 32.9 Å². The van der Waals surface area contributed by atoms with Crippen LogP contribution < -0.4 is 10.6 Å². The first-order valence-electron chi connectivity index (χ1n) is 6.13. The van der Waals surface area contributed by atoms with Crippen LogP contribution in [0.4, 0.5) is 20.5 Å². The Hall–Kier alpha value is -2.02. The van der Waals surface area contributed by atoms with Crippen molar-refractivity contribution >= 4 is 11.7 Å². The van der Waals surface area contributed by atoms with Crippen LogP contribution in [-0.4, -0.2) is 15.7 Å². The van der Waals surface area contributed by atoms with Gasteiger partial charge in [0.15, 0.2) is 11.6 Å². The Labute approximate surface area is 115 Å². The molecule has 0 aliphatic carbocycles. The fourth-order valence-corrected chi connectivity index (χ4v) is 1.43. The van der Waals surface area contributed by atoms with Crippen molar-refractivity contribution in [3.63, 3.8) is 0 Å². The summed E-state index contributed by atoms with van der Waals surface area (Å²) in [5.74, 6) is -1.57. The summed E-state index contributed by atoms with van der Waals surface area (Å²) in [6.07, 6.45) is 0. The van der Waals surface area contributed by atoms with Gasteiger partial charge in [0.05, 0.1) is 12.2 Å². The summed E-state index contributed by atoms with van der Waals surface area (Å²) in [5.41, 5.74) is -0.138. The van der Waals surface area contributed by atoms with Crippen molar-refractivity contribution < 1.29 is 13.2 Å². The predicted molar refractivity (Wildman–Crippen MR) is 70.5 cm³/mol. The molecule has 0 spiro atoms. The first kappa shape index (κ1) is 14.4. The normalized spacial score (nSPS) is 11.7. The SMILES string of the molecule is CC(C)(C)NCc1nnc(Nc2cccc(F)c2F)o1. The van der Waals surface area contributed by atoms with Crippen LogP contribution in [0.15, 0.2) is 22.6 Å². The summed E-state index contributed by atoms with van der Waals surface area (Å²) in [5, 5.41) is 13.3. The molecule has 2 N–H and O–H groups in total. The lowest BCUT2D eigenvalue weighted by Gasteiger charge is -2.18. The van der Waals surface area contributed by atoms with Crippen LogP contribution in [0, 0.1) is 11.6 Å². The van der Waals surface area contributed by atoms with E-state index in [9.17, 15) is 8.78 Å². The maximum atomic E-state index is 13.5. The maximum Gasteiger partial charge on any atom is 0.320 e. The smallest absolute Gasteiger partial charge is 0.320 e. The highest BCUT2D eigenvalue weighted by atomic mass is 19.2. The quantitative estimate of drug-likeness (QED) is 0.902. The van der Waals surface area contributed by atoms with Crippen molar-refractivity contribution in [2.24, 2.45) is 0 Å². The summed E-state index contributed by atoms with van der Waals surface area (Å²) >= 11 is 0. The highest BCUT2D eigenvalue weighted by Crippen LogP contribution is 2.20. The molecule has 108 valence electrons. The Morgan fingerprint density at radius 1 is 1.20 bits per heavy atom. The van der Waals surface area contributed by atoms with Gasteiger partial charge >= 0.3 is 6.01 Å². The zero-order valence-corrected chi connectivity index (χ0v) is 11.5. The van der Waals surface area contributed by atoms with Crippen LogP contribution in [0.5, 0.6) is 0 Å². The van der Waals surface area contributed by atoms with Crippen molar-refractivity contribution in [3.05, 3.63) is 35.7 Å². The number of halogens is 2. The molecule has 7 heteroatoms. The lowest BCUT2D eigenvalue weighted by Crippen LogP contribution is -2.35. The molecule has 0 aliphatic rings. The molecule has 0 atom stereocenters. The standard InChI is InChI=1S/C13H16F2N4O/c1-13(2,3)16-7-10-18-19-12(20-10)17-9-6-4-5-8(14)11(9)15/h4-6,16H,7H2,1-3H3,(H,17,19). The summed E-state index contributed by atoms with van der Waals surface area (Å²) in [7, 11) is 0. The summed E-state index contributed by atoms with van der Waals surface area (Å²) in [6.45, 7) is 6.41. The van der Waals surface area contributed by atoms with Gasteiger partial charge in [-0.3, -0.25) is 0 Å². The number of nitrogens with one attached hydrogen (secondary N) is 2. The molecule has 0 aliphatic heterocycles. The Balaban J connectivity index is 2.04. The largest absolute Gasteiger partial charge is 0.406 e. The Morgan fingerprint density at radius 2 is 1.95 bits per heavy atom. The van der Waals surface area contributed by atoms with Crippen LogP contribution in [0.25, 0.3) is 0 Å². The molecule has 0 saturated heterocycles. The monoisotopic (exact) mass is 282 g/mol. The van der Waals surface area contributed by atoms with E-state index in [1.807, 2.05) is 20.8 Å². The topological polar surface area (TPSA) is 63.0 Å².